The molecule has 2 heteroatoms. The smallest absolute Gasteiger partial charge is 0.0137 e. The van der Waals surface area contributed by atoms with Crippen molar-refractivity contribution in [2.24, 2.45) is 5.73 Å². The first-order valence-corrected chi connectivity index (χ1v) is 8.41. The first-order chi connectivity index (χ1) is 10.1. The maximum atomic E-state index is 5.47. The predicted molar refractivity (Wildman–Crippen MR) is 96.6 cm³/mol. The second kappa shape index (κ2) is 14.1. The van der Waals surface area contributed by atoms with E-state index < -0.39 is 0 Å². The van der Waals surface area contributed by atoms with Gasteiger partial charge < -0.3 is 11.1 Å². The molecule has 0 unspecified atom stereocenters. The SMILES string of the molecule is CC(C)=CCC/C(C)=C\CCC(C)=CCNCCCCN. The molecule has 0 aliphatic heterocycles. The summed E-state index contributed by atoms with van der Waals surface area (Å²) < 4.78 is 0. The Hall–Kier alpha value is -0.860. The van der Waals surface area contributed by atoms with Gasteiger partial charge in [0.05, 0.1) is 0 Å². The highest BCUT2D eigenvalue weighted by molar-refractivity contribution is 5.05. The summed E-state index contributed by atoms with van der Waals surface area (Å²) in [6, 6.07) is 0. The lowest BCUT2D eigenvalue weighted by molar-refractivity contribution is 0.659. The van der Waals surface area contributed by atoms with Crippen LogP contribution in [0.3, 0.4) is 0 Å². The van der Waals surface area contributed by atoms with E-state index in [0.717, 1.165) is 32.5 Å². The fourth-order valence-electron chi connectivity index (χ4n) is 2.08. The number of hydrogen-bond donors (Lipinski definition) is 2. The minimum Gasteiger partial charge on any atom is -0.330 e. The van der Waals surface area contributed by atoms with Gasteiger partial charge in [0.2, 0.25) is 0 Å². The summed E-state index contributed by atoms with van der Waals surface area (Å²) in [5.41, 5.74) is 9.88. The first kappa shape index (κ1) is 20.1. The van der Waals surface area contributed by atoms with E-state index in [1.807, 2.05) is 0 Å². The Kier molecular flexibility index (Phi) is 13.5. The molecule has 0 aliphatic carbocycles. The molecular formula is C19H36N2. The Morgan fingerprint density at radius 2 is 1.48 bits per heavy atom. The van der Waals surface area contributed by atoms with Crippen LogP contribution in [0.2, 0.25) is 0 Å². The van der Waals surface area contributed by atoms with E-state index in [9.17, 15) is 0 Å². The van der Waals surface area contributed by atoms with E-state index in [1.54, 1.807) is 0 Å². The van der Waals surface area contributed by atoms with Crippen molar-refractivity contribution in [2.45, 2.75) is 66.2 Å². The Labute approximate surface area is 132 Å². The first-order valence-electron chi connectivity index (χ1n) is 8.41. The molecule has 0 aromatic rings. The quantitative estimate of drug-likeness (QED) is 0.403. The lowest BCUT2D eigenvalue weighted by Gasteiger charge is -2.03. The molecule has 0 aromatic heterocycles. The zero-order valence-corrected chi connectivity index (χ0v) is 14.7. The highest BCUT2D eigenvalue weighted by Gasteiger charge is 1.92. The largest absolute Gasteiger partial charge is 0.330 e. The number of hydrogen-bond acceptors (Lipinski definition) is 2. The predicted octanol–water partition coefficient (Wildman–Crippen LogP) is 4.73. The average Bonchev–Trinajstić information content (AvgIpc) is 2.42. The van der Waals surface area contributed by atoms with Crippen LogP contribution in [0.5, 0.6) is 0 Å². The van der Waals surface area contributed by atoms with Crippen LogP contribution < -0.4 is 11.1 Å². The van der Waals surface area contributed by atoms with Gasteiger partial charge in [-0.05, 0) is 79.3 Å². The Morgan fingerprint density at radius 3 is 2.10 bits per heavy atom. The summed E-state index contributed by atoms with van der Waals surface area (Å²) in [7, 11) is 0. The van der Waals surface area contributed by atoms with Crippen LogP contribution >= 0.6 is 0 Å². The lowest BCUT2D eigenvalue weighted by Crippen LogP contribution is -2.16. The molecule has 3 N–H and O–H groups in total. The lowest BCUT2D eigenvalue weighted by atomic mass is 10.1. The van der Waals surface area contributed by atoms with Gasteiger partial charge in [-0.3, -0.25) is 0 Å². The van der Waals surface area contributed by atoms with Crippen molar-refractivity contribution in [1.29, 1.82) is 0 Å². The second-order valence-corrected chi connectivity index (χ2v) is 6.16. The zero-order chi connectivity index (χ0) is 15.9. The molecule has 21 heavy (non-hydrogen) atoms. The third kappa shape index (κ3) is 15.3. The fraction of sp³-hybridized carbons (Fsp3) is 0.684. The van der Waals surface area contributed by atoms with E-state index in [2.05, 4.69) is 51.2 Å². The number of nitrogens with two attached hydrogens (primary N) is 1. The van der Waals surface area contributed by atoms with Crippen LogP contribution in [0.15, 0.2) is 34.9 Å². The molecule has 0 aliphatic rings. The van der Waals surface area contributed by atoms with Gasteiger partial charge in [0.1, 0.15) is 0 Å². The van der Waals surface area contributed by atoms with E-state index in [4.69, 9.17) is 5.73 Å². The summed E-state index contributed by atoms with van der Waals surface area (Å²) in [6.45, 7) is 11.7. The third-order valence-corrected chi connectivity index (χ3v) is 3.53. The van der Waals surface area contributed by atoms with Crippen LogP contribution in [0.4, 0.5) is 0 Å². The van der Waals surface area contributed by atoms with Crippen LogP contribution in [0.25, 0.3) is 0 Å². The van der Waals surface area contributed by atoms with E-state index in [-0.39, 0.29) is 0 Å². The average molecular weight is 293 g/mol. The highest BCUT2D eigenvalue weighted by atomic mass is 14.8. The maximum Gasteiger partial charge on any atom is 0.0137 e. The van der Waals surface area contributed by atoms with Crippen LogP contribution in [-0.4, -0.2) is 19.6 Å². The van der Waals surface area contributed by atoms with Gasteiger partial charge in [-0.2, -0.15) is 0 Å². The zero-order valence-electron chi connectivity index (χ0n) is 14.7. The summed E-state index contributed by atoms with van der Waals surface area (Å²) in [5.74, 6) is 0. The van der Waals surface area contributed by atoms with Crippen molar-refractivity contribution >= 4 is 0 Å². The molecule has 0 aromatic carbocycles. The molecule has 0 saturated carbocycles. The summed E-state index contributed by atoms with van der Waals surface area (Å²) in [6.07, 6.45) is 14.0. The van der Waals surface area contributed by atoms with Crippen LogP contribution in [0, 0.1) is 0 Å². The normalized spacial score (nSPS) is 12.6. The summed E-state index contributed by atoms with van der Waals surface area (Å²) >= 11 is 0. The molecule has 2 nitrogen and oxygen atoms in total. The van der Waals surface area contributed by atoms with E-state index >= 15 is 0 Å². The van der Waals surface area contributed by atoms with Gasteiger partial charge >= 0.3 is 0 Å². The molecule has 0 rings (SSSR count). The van der Waals surface area contributed by atoms with Gasteiger partial charge in [0, 0.05) is 6.54 Å². The highest BCUT2D eigenvalue weighted by Crippen LogP contribution is 2.11. The Balaban J connectivity index is 3.71. The molecule has 122 valence electrons. The molecule has 0 heterocycles. The van der Waals surface area contributed by atoms with Gasteiger partial charge in [0.15, 0.2) is 0 Å². The molecular weight excluding hydrogens is 256 g/mol. The van der Waals surface area contributed by atoms with Gasteiger partial charge in [-0.15, -0.1) is 0 Å². The number of allylic oxidation sites excluding steroid dienone is 5. The molecule has 0 radical (unpaired) electrons. The minimum absolute atomic E-state index is 0.801. The van der Waals surface area contributed by atoms with Crippen molar-refractivity contribution in [3.05, 3.63) is 34.9 Å². The topological polar surface area (TPSA) is 38.0 Å². The molecule has 0 amide bonds. The maximum absolute atomic E-state index is 5.47. The Bertz CT molecular complexity index is 333. The van der Waals surface area contributed by atoms with Crippen molar-refractivity contribution in [3.63, 3.8) is 0 Å². The summed E-state index contributed by atoms with van der Waals surface area (Å²) in [5, 5.41) is 3.43. The van der Waals surface area contributed by atoms with Crippen LogP contribution in [0.1, 0.15) is 66.2 Å². The molecule has 0 saturated heterocycles. The van der Waals surface area contributed by atoms with Gasteiger partial charge in [-0.25, -0.2) is 0 Å². The minimum atomic E-state index is 0.801. The van der Waals surface area contributed by atoms with Crippen molar-refractivity contribution < 1.29 is 0 Å². The van der Waals surface area contributed by atoms with Gasteiger partial charge in [0.25, 0.3) is 0 Å². The summed E-state index contributed by atoms with van der Waals surface area (Å²) in [4.78, 5) is 0. The molecule has 0 atom stereocenters. The fourth-order valence-corrected chi connectivity index (χ4v) is 2.08. The van der Waals surface area contributed by atoms with Gasteiger partial charge in [-0.1, -0.05) is 34.9 Å². The van der Waals surface area contributed by atoms with Crippen molar-refractivity contribution in [2.75, 3.05) is 19.6 Å². The third-order valence-electron chi connectivity index (χ3n) is 3.53. The number of nitrogens with one attached hydrogen (secondary N) is 1. The van der Waals surface area contributed by atoms with Crippen molar-refractivity contribution in [3.8, 4) is 0 Å². The monoisotopic (exact) mass is 292 g/mol. The molecule has 0 spiro atoms. The molecule has 0 bridgehead atoms. The second-order valence-electron chi connectivity index (χ2n) is 6.16. The number of unbranched alkanes of at least 4 members (excludes halogenated alkanes) is 1. The van der Waals surface area contributed by atoms with Crippen LogP contribution in [-0.2, 0) is 0 Å². The standard InChI is InChI=1S/C19H36N2/c1-17(2)9-7-10-18(3)11-8-12-19(4)13-16-21-15-6-5-14-20/h9,11,13,21H,5-8,10,12,14-16,20H2,1-4H3/b18-11-,19-13?. The molecule has 0 fully saturated rings. The van der Waals surface area contributed by atoms with Crippen molar-refractivity contribution in [1.82, 2.24) is 5.32 Å². The Morgan fingerprint density at radius 1 is 0.857 bits per heavy atom. The van der Waals surface area contributed by atoms with E-state index in [0.29, 0.717) is 0 Å². The van der Waals surface area contributed by atoms with E-state index in [1.165, 1.54) is 42.4 Å². The number of rotatable bonds is 12.